The highest BCUT2D eigenvalue weighted by molar-refractivity contribution is 5.89. The van der Waals surface area contributed by atoms with Gasteiger partial charge >= 0.3 is 0 Å². The van der Waals surface area contributed by atoms with Gasteiger partial charge in [-0.05, 0) is 49.2 Å². The Hall–Kier alpha value is -2.92. The van der Waals surface area contributed by atoms with Crippen LogP contribution < -0.4 is 10.5 Å². The zero-order chi connectivity index (χ0) is 19.5. The lowest BCUT2D eigenvalue weighted by Crippen LogP contribution is -2.35. The second-order valence-electron chi connectivity index (χ2n) is 7.28. The summed E-state index contributed by atoms with van der Waals surface area (Å²) < 4.78 is 20.5. The molecule has 0 aliphatic carbocycles. The molecule has 28 heavy (non-hydrogen) atoms. The molecule has 0 spiro atoms. The lowest BCUT2D eigenvalue weighted by Gasteiger charge is -2.29. The number of likely N-dealkylation sites (tertiary alicyclic amines) is 1. The molecular formula is C23H24FN3O. The van der Waals surface area contributed by atoms with Gasteiger partial charge in [0.2, 0.25) is 5.88 Å². The number of piperidine rings is 1. The Kier molecular flexibility index (Phi) is 5.26. The van der Waals surface area contributed by atoms with Crippen molar-refractivity contribution in [1.29, 1.82) is 0 Å². The van der Waals surface area contributed by atoms with Crippen LogP contribution in [0.25, 0.3) is 22.3 Å². The fourth-order valence-corrected chi connectivity index (χ4v) is 3.63. The second-order valence-corrected chi connectivity index (χ2v) is 7.28. The topological polar surface area (TPSA) is 51.4 Å². The van der Waals surface area contributed by atoms with E-state index in [1.54, 1.807) is 6.20 Å². The summed E-state index contributed by atoms with van der Waals surface area (Å²) in [4.78, 5) is 6.63. The average Bonchev–Trinajstić information content (AvgIpc) is 2.72. The lowest BCUT2D eigenvalue weighted by molar-refractivity contribution is 0.110. The van der Waals surface area contributed by atoms with Gasteiger partial charge in [-0.2, -0.15) is 0 Å². The molecule has 0 saturated carbocycles. The minimum atomic E-state index is -0.322. The van der Waals surface area contributed by atoms with Crippen molar-refractivity contribution >= 4 is 5.69 Å². The van der Waals surface area contributed by atoms with E-state index in [1.807, 2.05) is 42.5 Å². The third kappa shape index (κ3) is 3.99. The van der Waals surface area contributed by atoms with Crippen molar-refractivity contribution in [3.8, 4) is 28.1 Å². The minimum absolute atomic E-state index is 0.156. The largest absolute Gasteiger partial charge is 0.474 e. The van der Waals surface area contributed by atoms with E-state index in [2.05, 4.69) is 16.9 Å². The molecule has 2 aromatic carbocycles. The van der Waals surface area contributed by atoms with E-state index >= 15 is 0 Å². The quantitative estimate of drug-likeness (QED) is 0.675. The number of hydrogen-bond donors (Lipinski definition) is 1. The third-order valence-corrected chi connectivity index (χ3v) is 5.23. The Bertz CT molecular complexity index is 953. The number of hydrogen-bond acceptors (Lipinski definition) is 4. The van der Waals surface area contributed by atoms with Gasteiger partial charge in [-0.15, -0.1) is 0 Å². The van der Waals surface area contributed by atoms with Crippen LogP contribution in [0, 0.1) is 5.82 Å². The first-order valence-electron chi connectivity index (χ1n) is 9.56. The maximum atomic E-state index is 14.4. The number of nitrogens with two attached hydrogens (primary N) is 1. The SMILES string of the molecule is CN1CCC(Oc2cc(-c3cc(F)cc(-c4ccccc4)c3N)ccn2)CC1. The van der Waals surface area contributed by atoms with Crippen molar-refractivity contribution in [2.24, 2.45) is 0 Å². The first kappa shape index (κ1) is 18.4. The van der Waals surface area contributed by atoms with Crippen LogP contribution in [0.15, 0.2) is 60.8 Å². The number of anilines is 1. The Morgan fingerprint density at radius 2 is 1.68 bits per heavy atom. The summed E-state index contributed by atoms with van der Waals surface area (Å²) in [7, 11) is 2.12. The first-order chi connectivity index (χ1) is 13.6. The average molecular weight is 377 g/mol. The standard InChI is InChI=1S/C23H24FN3O/c1-27-11-8-19(9-12-27)28-22-13-17(7-10-26-22)21-15-18(24)14-20(23(21)25)16-5-3-2-4-6-16/h2-7,10,13-15,19H,8-9,11-12,25H2,1H3. The molecule has 144 valence electrons. The first-order valence-corrected chi connectivity index (χ1v) is 9.56. The van der Waals surface area contributed by atoms with Gasteiger partial charge in [0.1, 0.15) is 11.9 Å². The second kappa shape index (κ2) is 7.98. The molecule has 1 saturated heterocycles. The maximum Gasteiger partial charge on any atom is 0.214 e. The molecule has 1 aliphatic rings. The highest BCUT2D eigenvalue weighted by Gasteiger charge is 2.19. The Balaban J connectivity index is 1.65. The predicted octanol–water partition coefficient (Wildman–Crippen LogP) is 4.61. The molecule has 2 N–H and O–H groups in total. The molecule has 3 aromatic rings. The lowest BCUT2D eigenvalue weighted by atomic mass is 9.96. The normalized spacial score (nSPS) is 15.5. The predicted molar refractivity (Wildman–Crippen MR) is 111 cm³/mol. The molecule has 0 radical (unpaired) electrons. The van der Waals surface area contributed by atoms with Crippen LogP contribution >= 0.6 is 0 Å². The summed E-state index contributed by atoms with van der Waals surface area (Å²) in [6.07, 6.45) is 3.79. The fraction of sp³-hybridized carbons (Fsp3) is 0.261. The van der Waals surface area contributed by atoms with Crippen LogP contribution in [0.1, 0.15) is 12.8 Å². The zero-order valence-corrected chi connectivity index (χ0v) is 15.9. The van der Waals surface area contributed by atoms with Crippen molar-refractivity contribution < 1.29 is 9.13 Å². The molecule has 2 heterocycles. The summed E-state index contributed by atoms with van der Waals surface area (Å²) in [5.41, 5.74) is 10.00. The summed E-state index contributed by atoms with van der Waals surface area (Å²) in [5.74, 6) is 0.231. The van der Waals surface area contributed by atoms with Gasteiger partial charge in [-0.1, -0.05) is 30.3 Å². The smallest absolute Gasteiger partial charge is 0.214 e. The molecular weight excluding hydrogens is 353 g/mol. The number of aromatic nitrogens is 1. The maximum absolute atomic E-state index is 14.4. The summed E-state index contributed by atoms with van der Waals surface area (Å²) in [6, 6.07) is 16.2. The van der Waals surface area contributed by atoms with Crippen molar-refractivity contribution in [3.05, 3.63) is 66.6 Å². The monoisotopic (exact) mass is 377 g/mol. The number of ether oxygens (including phenoxy) is 1. The number of rotatable bonds is 4. The Morgan fingerprint density at radius 1 is 1.00 bits per heavy atom. The van der Waals surface area contributed by atoms with Crippen LogP contribution in [0.5, 0.6) is 5.88 Å². The van der Waals surface area contributed by atoms with Crippen LogP contribution in [0.3, 0.4) is 0 Å². The van der Waals surface area contributed by atoms with E-state index in [-0.39, 0.29) is 11.9 Å². The number of pyridine rings is 1. The zero-order valence-electron chi connectivity index (χ0n) is 15.9. The number of nitrogen functional groups attached to an aromatic ring is 1. The molecule has 5 heteroatoms. The van der Waals surface area contributed by atoms with Crippen molar-refractivity contribution in [2.45, 2.75) is 18.9 Å². The van der Waals surface area contributed by atoms with E-state index in [0.29, 0.717) is 22.7 Å². The number of benzene rings is 2. The Labute approximate surface area is 164 Å². The van der Waals surface area contributed by atoms with Crippen molar-refractivity contribution in [2.75, 3.05) is 25.9 Å². The van der Waals surface area contributed by atoms with Crippen LogP contribution in [0.4, 0.5) is 10.1 Å². The van der Waals surface area contributed by atoms with Gasteiger partial charge < -0.3 is 15.4 Å². The molecule has 0 bridgehead atoms. The Morgan fingerprint density at radius 3 is 2.39 bits per heavy atom. The van der Waals surface area contributed by atoms with E-state index in [9.17, 15) is 4.39 Å². The minimum Gasteiger partial charge on any atom is -0.474 e. The van der Waals surface area contributed by atoms with Gasteiger partial charge in [-0.3, -0.25) is 0 Å². The summed E-state index contributed by atoms with van der Waals surface area (Å²) in [5, 5.41) is 0. The summed E-state index contributed by atoms with van der Waals surface area (Å²) >= 11 is 0. The third-order valence-electron chi connectivity index (χ3n) is 5.23. The van der Waals surface area contributed by atoms with Gasteiger partial charge in [0.05, 0.1) is 0 Å². The van der Waals surface area contributed by atoms with Gasteiger partial charge in [-0.25, -0.2) is 9.37 Å². The van der Waals surface area contributed by atoms with E-state index in [0.717, 1.165) is 37.1 Å². The molecule has 4 nitrogen and oxygen atoms in total. The van der Waals surface area contributed by atoms with E-state index in [4.69, 9.17) is 10.5 Å². The highest BCUT2D eigenvalue weighted by Crippen LogP contribution is 2.36. The van der Waals surface area contributed by atoms with E-state index < -0.39 is 0 Å². The van der Waals surface area contributed by atoms with Crippen molar-refractivity contribution in [3.63, 3.8) is 0 Å². The fourth-order valence-electron chi connectivity index (χ4n) is 3.63. The molecule has 0 atom stereocenters. The molecule has 1 aliphatic heterocycles. The van der Waals surface area contributed by atoms with E-state index in [1.165, 1.54) is 12.1 Å². The number of halogens is 1. The molecule has 1 aromatic heterocycles. The van der Waals surface area contributed by atoms with Crippen molar-refractivity contribution in [1.82, 2.24) is 9.88 Å². The van der Waals surface area contributed by atoms with Gasteiger partial charge in [0, 0.05) is 42.2 Å². The van der Waals surface area contributed by atoms with Crippen LogP contribution in [-0.2, 0) is 0 Å². The van der Waals surface area contributed by atoms with Crippen LogP contribution in [-0.4, -0.2) is 36.1 Å². The number of nitrogens with zero attached hydrogens (tertiary/aromatic N) is 2. The molecule has 1 fully saturated rings. The van der Waals surface area contributed by atoms with Gasteiger partial charge in [0.25, 0.3) is 0 Å². The molecule has 4 rings (SSSR count). The molecule has 0 amide bonds. The highest BCUT2D eigenvalue weighted by atomic mass is 19.1. The molecule has 0 unspecified atom stereocenters. The van der Waals surface area contributed by atoms with Crippen LogP contribution in [0.2, 0.25) is 0 Å². The summed E-state index contributed by atoms with van der Waals surface area (Å²) in [6.45, 7) is 2.03. The van der Waals surface area contributed by atoms with Gasteiger partial charge in [0.15, 0.2) is 0 Å².